The molecule has 0 spiro atoms. The summed E-state index contributed by atoms with van der Waals surface area (Å²) in [6.07, 6.45) is 0.397. The molecule has 0 aliphatic heterocycles. The van der Waals surface area contributed by atoms with E-state index in [2.05, 4.69) is 15.9 Å². The highest BCUT2D eigenvalue weighted by atomic mass is 79.9. The SMILES string of the molecule is Cc1cccc(OC(=O)CCBr)c1. The number of hydrogen-bond donors (Lipinski definition) is 0. The van der Waals surface area contributed by atoms with Gasteiger partial charge in [0.15, 0.2) is 0 Å². The van der Waals surface area contributed by atoms with Crippen LogP contribution in [0.2, 0.25) is 0 Å². The summed E-state index contributed by atoms with van der Waals surface area (Å²) in [4.78, 5) is 11.1. The summed E-state index contributed by atoms with van der Waals surface area (Å²) in [5.74, 6) is 0.411. The number of ether oxygens (including phenoxy) is 1. The predicted molar refractivity (Wildman–Crippen MR) is 55.2 cm³/mol. The zero-order valence-corrected chi connectivity index (χ0v) is 9.00. The summed E-state index contributed by atoms with van der Waals surface area (Å²) < 4.78 is 5.07. The van der Waals surface area contributed by atoms with Crippen LogP contribution in [-0.4, -0.2) is 11.3 Å². The molecular formula is C10H11BrO2. The Hall–Kier alpha value is -0.830. The molecule has 0 saturated carbocycles. The molecular weight excluding hydrogens is 232 g/mol. The van der Waals surface area contributed by atoms with Gasteiger partial charge in [0.25, 0.3) is 0 Å². The molecule has 0 aromatic heterocycles. The number of esters is 1. The van der Waals surface area contributed by atoms with Crippen molar-refractivity contribution >= 4 is 21.9 Å². The normalized spacial score (nSPS) is 9.69. The third-order valence-electron chi connectivity index (χ3n) is 1.52. The average molecular weight is 243 g/mol. The van der Waals surface area contributed by atoms with E-state index >= 15 is 0 Å². The number of aryl methyl sites for hydroxylation is 1. The molecule has 0 atom stereocenters. The Morgan fingerprint density at radius 2 is 2.31 bits per heavy atom. The minimum Gasteiger partial charge on any atom is -0.426 e. The molecule has 13 heavy (non-hydrogen) atoms. The lowest BCUT2D eigenvalue weighted by Gasteiger charge is -2.02. The molecule has 0 fully saturated rings. The number of hydrogen-bond acceptors (Lipinski definition) is 2. The maximum atomic E-state index is 11.1. The fraction of sp³-hybridized carbons (Fsp3) is 0.300. The molecule has 3 heteroatoms. The number of alkyl halides is 1. The van der Waals surface area contributed by atoms with Gasteiger partial charge in [-0.2, -0.15) is 0 Å². The Morgan fingerprint density at radius 1 is 1.54 bits per heavy atom. The molecule has 0 bridgehead atoms. The van der Waals surface area contributed by atoms with Crippen LogP contribution >= 0.6 is 15.9 Å². The molecule has 0 N–H and O–H groups in total. The third kappa shape index (κ3) is 3.59. The summed E-state index contributed by atoms with van der Waals surface area (Å²) in [6.45, 7) is 1.96. The minimum atomic E-state index is -0.206. The van der Waals surface area contributed by atoms with Crippen LogP contribution in [0, 0.1) is 6.92 Å². The first-order chi connectivity index (χ1) is 6.22. The molecule has 0 aliphatic rings. The van der Waals surface area contributed by atoms with E-state index in [9.17, 15) is 4.79 Å². The Labute approximate surface area is 86.0 Å². The number of halogens is 1. The van der Waals surface area contributed by atoms with Crippen molar-refractivity contribution in [1.82, 2.24) is 0 Å². The van der Waals surface area contributed by atoms with Crippen LogP contribution in [0.4, 0.5) is 0 Å². The van der Waals surface area contributed by atoms with Gasteiger partial charge in [0.05, 0.1) is 6.42 Å². The predicted octanol–water partition coefficient (Wildman–Crippen LogP) is 2.69. The summed E-state index contributed by atoms with van der Waals surface area (Å²) in [5.41, 5.74) is 1.09. The van der Waals surface area contributed by atoms with Crippen molar-refractivity contribution in [3.8, 4) is 5.75 Å². The molecule has 0 unspecified atom stereocenters. The second-order valence-electron chi connectivity index (χ2n) is 2.73. The van der Waals surface area contributed by atoms with Crippen molar-refractivity contribution in [3.05, 3.63) is 29.8 Å². The first-order valence-electron chi connectivity index (χ1n) is 4.05. The van der Waals surface area contributed by atoms with Gasteiger partial charge in [-0.1, -0.05) is 28.1 Å². The van der Waals surface area contributed by atoms with Crippen LogP contribution in [0.15, 0.2) is 24.3 Å². The third-order valence-corrected chi connectivity index (χ3v) is 1.92. The van der Waals surface area contributed by atoms with Gasteiger partial charge < -0.3 is 4.74 Å². The van der Waals surface area contributed by atoms with E-state index in [0.717, 1.165) is 5.56 Å². The smallest absolute Gasteiger partial charge is 0.312 e. The van der Waals surface area contributed by atoms with Gasteiger partial charge in [-0.05, 0) is 24.6 Å². The molecule has 1 rings (SSSR count). The van der Waals surface area contributed by atoms with Gasteiger partial charge in [-0.3, -0.25) is 4.79 Å². The number of rotatable bonds is 3. The van der Waals surface area contributed by atoms with Crippen molar-refractivity contribution in [2.75, 3.05) is 5.33 Å². The Morgan fingerprint density at radius 3 is 2.92 bits per heavy atom. The Balaban J connectivity index is 2.58. The topological polar surface area (TPSA) is 26.3 Å². The molecule has 0 aliphatic carbocycles. The van der Waals surface area contributed by atoms with Crippen molar-refractivity contribution in [3.63, 3.8) is 0 Å². The van der Waals surface area contributed by atoms with Gasteiger partial charge in [0, 0.05) is 5.33 Å². The highest BCUT2D eigenvalue weighted by molar-refractivity contribution is 9.09. The Bertz CT molecular complexity index is 297. The standard InChI is InChI=1S/C10H11BrO2/c1-8-3-2-4-9(7-8)13-10(12)5-6-11/h2-4,7H,5-6H2,1H3. The van der Waals surface area contributed by atoms with E-state index in [-0.39, 0.29) is 5.97 Å². The van der Waals surface area contributed by atoms with Crippen molar-refractivity contribution in [1.29, 1.82) is 0 Å². The average Bonchev–Trinajstić information content (AvgIpc) is 2.04. The van der Waals surface area contributed by atoms with E-state index in [1.807, 2.05) is 25.1 Å². The van der Waals surface area contributed by atoms with E-state index in [1.54, 1.807) is 6.07 Å². The maximum Gasteiger partial charge on any atom is 0.312 e. The summed E-state index contributed by atoms with van der Waals surface area (Å²) in [5, 5.41) is 0.637. The minimum absolute atomic E-state index is 0.206. The highest BCUT2D eigenvalue weighted by Crippen LogP contribution is 2.12. The van der Waals surface area contributed by atoms with E-state index < -0.39 is 0 Å². The molecule has 0 amide bonds. The summed E-state index contributed by atoms with van der Waals surface area (Å²) >= 11 is 3.18. The largest absolute Gasteiger partial charge is 0.426 e. The molecule has 1 aromatic carbocycles. The van der Waals surface area contributed by atoms with E-state index in [0.29, 0.717) is 17.5 Å². The van der Waals surface area contributed by atoms with Gasteiger partial charge in [0.2, 0.25) is 0 Å². The molecule has 70 valence electrons. The van der Waals surface area contributed by atoms with Crippen molar-refractivity contribution in [2.24, 2.45) is 0 Å². The van der Waals surface area contributed by atoms with E-state index in [1.165, 1.54) is 0 Å². The van der Waals surface area contributed by atoms with Gasteiger partial charge >= 0.3 is 5.97 Å². The van der Waals surface area contributed by atoms with Crippen LogP contribution < -0.4 is 4.74 Å². The molecule has 2 nitrogen and oxygen atoms in total. The second-order valence-corrected chi connectivity index (χ2v) is 3.52. The summed E-state index contributed by atoms with van der Waals surface area (Å²) in [7, 11) is 0. The van der Waals surface area contributed by atoms with E-state index in [4.69, 9.17) is 4.74 Å². The van der Waals surface area contributed by atoms with Crippen LogP contribution in [0.25, 0.3) is 0 Å². The molecule has 1 aromatic rings. The number of benzene rings is 1. The molecule has 0 radical (unpaired) electrons. The zero-order valence-electron chi connectivity index (χ0n) is 7.42. The van der Waals surface area contributed by atoms with Gasteiger partial charge in [-0.15, -0.1) is 0 Å². The number of carbonyl (C=O) groups excluding carboxylic acids is 1. The summed E-state index contributed by atoms with van der Waals surface area (Å²) in [6, 6.07) is 7.44. The van der Waals surface area contributed by atoms with Crippen molar-refractivity contribution < 1.29 is 9.53 Å². The molecule has 0 saturated heterocycles. The van der Waals surface area contributed by atoms with Crippen LogP contribution in [0.5, 0.6) is 5.75 Å². The monoisotopic (exact) mass is 242 g/mol. The number of carbonyl (C=O) groups is 1. The van der Waals surface area contributed by atoms with Crippen LogP contribution in [0.3, 0.4) is 0 Å². The highest BCUT2D eigenvalue weighted by Gasteiger charge is 2.02. The van der Waals surface area contributed by atoms with Gasteiger partial charge in [0.1, 0.15) is 5.75 Å². The van der Waals surface area contributed by atoms with Gasteiger partial charge in [-0.25, -0.2) is 0 Å². The van der Waals surface area contributed by atoms with Crippen LogP contribution in [-0.2, 0) is 4.79 Å². The fourth-order valence-electron chi connectivity index (χ4n) is 0.938. The maximum absolute atomic E-state index is 11.1. The lowest BCUT2D eigenvalue weighted by Crippen LogP contribution is -2.07. The first-order valence-corrected chi connectivity index (χ1v) is 5.18. The zero-order chi connectivity index (χ0) is 9.68. The quantitative estimate of drug-likeness (QED) is 0.463. The second kappa shape index (κ2) is 5.02. The fourth-order valence-corrected chi connectivity index (χ4v) is 1.26. The van der Waals surface area contributed by atoms with Crippen LogP contribution in [0.1, 0.15) is 12.0 Å². The molecule has 0 heterocycles. The lowest BCUT2D eigenvalue weighted by atomic mass is 10.2. The lowest BCUT2D eigenvalue weighted by molar-refractivity contribution is -0.133. The van der Waals surface area contributed by atoms with Crippen molar-refractivity contribution in [2.45, 2.75) is 13.3 Å². The Kier molecular flexibility index (Phi) is 3.96. The first kappa shape index (κ1) is 10.3.